The summed E-state index contributed by atoms with van der Waals surface area (Å²) < 4.78 is 19.7. The first-order valence-electron chi connectivity index (χ1n) is 6.36. The molecule has 1 N–H and O–H groups in total. The van der Waals surface area contributed by atoms with Crippen molar-refractivity contribution in [2.45, 2.75) is 19.3 Å². The summed E-state index contributed by atoms with van der Waals surface area (Å²) in [4.78, 5) is 11.0. The summed E-state index contributed by atoms with van der Waals surface area (Å²) in [6.45, 7) is 1.76. The molecule has 0 aliphatic carbocycles. The summed E-state index contributed by atoms with van der Waals surface area (Å²) in [6.07, 6.45) is 6.87. The second-order valence-corrected chi connectivity index (χ2v) is 4.71. The lowest BCUT2D eigenvalue weighted by molar-refractivity contribution is 0.486. The van der Waals surface area contributed by atoms with Crippen molar-refractivity contribution in [3.05, 3.63) is 71.7 Å². The zero-order chi connectivity index (χ0) is 13.9. The smallest absolute Gasteiger partial charge is 0.180 e. The Bertz CT molecular complexity index is 677. The van der Waals surface area contributed by atoms with Gasteiger partial charge in [-0.1, -0.05) is 18.2 Å². The Morgan fingerprint density at radius 1 is 1.30 bits per heavy atom. The Morgan fingerprint density at radius 2 is 2.20 bits per heavy atom. The summed E-state index contributed by atoms with van der Waals surface area (Å²) in [5.41, 5.74) is 2.11. The third-order valence-electron chi connectivity index (χ3n) is 3.38. The minimum absolute atomic E-state index is 0.176. The fourth-order valence-corrected chi connectivity index (χ4v) is 2.33. The second-order valence-electron chi connectivity index (χ2n) is 4.71. The molecule has 0 fully saturated rings. The number of aromatic amines is 1. The minimum atomic E-state index is -0.188. The number of benzene rings is 1. The molecule has 3 aromatic rings. The quantitative estimate of drug-likeness (QED) is 0.792. The van der Waals surface area contributed by atoms with Crippen molar-refractivity contribution in [3.8, 4) is 0 Å². The maximum Gasteiger partial charge on any atom is 0.180 e. The van der Waals surface area contributed by atoms with Crippen LogP contribution in [0.5, 0.6) is 0 Å². The number of halogens is 1. The van der Waals surface area contributed by atoms with E-state index in [1.54, 1.807) is 37.8 Å². The standard InChI is InChI=1S/C15H14FN3O/c1-10-3-2-4-12(15(10)16)13(14-7-17-8-19-14)5-11-6-18-9-20-11/h2-4,6-9,13H,5H2,1H3,(H,17,19)/t13-/m0/s1. The Morgan fingerprint density at radius 3 is 2.90 bits per heavy atom. The van der Waals surface area contributed by atoms with Gasteiger partial charge in [0.25, 0.3) is 0 Å². The third kappa shape index (κ3) is 2.34. The predicted molar refractivity (Wildman–Crippen MR) is 71.8 cm³/mol. The van der Waals surface area contributed by atoms with E-state index in [-0.39, 0.29) is 11.7 Å². The zero-order valence-corrected chi connectivity index (χ0v) is 11.0. The number of hydrogen-bond donors (Lipinski definition) is 1. The van der Waals surface area contributed by atoms with E-state index in [2.05, 4.69) is 15.0 Å². The Balaban J connectivity index is 2.03. The van der Waals surface area contributed by atoms with Crippen LogP contribution in [0.4, 0.5) is 4.39 Å². The number of nitrogens with zero attached hydrogens (tertiary/aromatic N) is 2. The van der Waals surface area contributed by atoms with E-state index in [9.17, 15) is 4.39 Å². The molecule has 2 heterocycles. The summed E-state index contributed by atoms with van der Waals surface area (Å²) in [5.74, 6) is 0.350. The SMILES string of the molecule is Cc1cccc([C@H](Cc2cnco2)c2cnc[nH]2)c1F. The lowest BCUT2D eigenvalue weighted by Crippen LogP contribution is -2.08. The van der Waals surface area contributed by atoms with Gasteiger partial charge >= 0.3 is 0 Å². The molecule has 2 aromatic heterocycles. The van der Waals surface area contributed by atoms with E-state index in [1.807, 2.05) is 6.07 Å². The number of nitrogens with one attached hydrogen (secondary N) is 1. The van der Waals surface area contributed by atoms with Gasteiger partial charge in [0.2, 0.25) is 0 Å². The number of rotatable bonds is 4. The molecule has 20 heavy (non-hydrogen) atoms. The van der Waals surface area contributed by atoms with Crippen LogP contribution in [-0.2, 0) is 6.42 Å². The summed E-state index contributed by atoms with van der Waals surface area (Å²) >= 11 is 0. The van der Waals surface area contributed by atoms with Gasteiger partial charge in [0.1, 0.15) is 11.6 Å². The van der Waals surface area contributed by atoms with E-state index in [0.29, 0.717) is 23.3 Å². The van der Waals surface area contributed by atoms with Gasteiger partial charge < -0.3 is 9.40 Å². The van der Waals surface area contributed by atoms with Crippen LogP contribution in [0.25, 0.3) is 0 Å². The van der Waals surface area contributed by atoms with Crippen LogP contribution in [0, 0.1) is 12.7 Å². The van der Waals surface area contributed by atoms with Crippen molar-refractivity contribution < 1.29 is 8.81 Å². The topological polar surface area (TPSA) is 54.7 Å². The van der Waals surface area contributed by atoms with Crippen LogP contribution < -0.4 is 0 Å². The summed E-state index contributed by atoms with van der Waals surface area (Å²) in [5, 5.41) is 0. The highest BCUT2D eigenvalue weighted by molar-refractivity contribution is 5.33. The van der Waals surface area contributed by atoms with Crippen molar-refractivity contribution in [1.82, 2.24) is 15.0 Å². The number of aromatic nitrogens is 3. The molecule has 3 rings (SSSR count). The number of oxazole rings is 1. The lowest BCUT2D eigenvalue weighted by atomic mass is 9.90. The average molecular weight is 271 g/mol. The molecular weight excluding hydrogens is 257 g/mol. The van der Waals surface area contributed by atoms with Gasteiger partial charge in [-0.2, -0.15) is 0 Å². The Labute approximate surface area is 115 Å². The number of aryl methyl sites for hydroxylation is 1. The summed E-state index contributed by atoms with van der Waals surface area (Å²) in [7, 11) is 0. The maximum atomic E-state index is 14.4. The lowest BCUT2D eigenvalue weighted by Gasteiger charge is -2.16. The number of hydrogen-bond acceptors (Lipinski definition) is 3. The normalized spacial score (nSPS) is 12.5. The molecule has 0 aliphatic heterocycles. The van der Waals surface area contributed by atoms with Crippen molar-refractivity contribution in [3.63, 3.8) is 0 Å². The molecule has 4 nitrogen and oxygen atoms in total. The Hall–Kier alpha value is -2.43. The van der Waals surface area contributed by atoms with E-state index in [4.69, 9.17) is 4.42 Å². The predicted octanol–water partition coefficient (Wildman–Crippen LogP) is 3.22. The molecule has 5 heteroatoms. The van der Waals surface area contributed by atoms with Gasteiger partial charge in [0.15, 0.2) is 6.39 Å². The van der Waals surface area contributed by atoms with E-state index in [0.717, 1.165) is 5.69 Å². The van der Waals surface area contributed by atoms with Gasteiger partial charge in [-0.05, 0) is 18.1 Å². The second kappa shape index (κ2) is 5.28. The van der Waals surface area contributed by atoms with Crippen LogP contribution in [0.3, 0.4) is 0 Å². The molecule has 0 aliphatic rings. The highest BCUT2D eigenvalue weighted by atomic mass is 19.1. The fourth-order valence-electron chi connectivity index (χ4n) is 2.33. The van der Waals surface area contributed by atoms with E-state index >= 15 is 0 Å². The first-order chi connectivity index (χ1) is 9.75. The molecule has 0 amide bonds. The fraction of sp³-hybridized carbons (Fsp3) is 0.200. The monoisotopic (exact) mass is 271 g/mol. The number of imidazole rings is 1. The van der Waals surface area contributed by atoms with Crippen LogP contribution in [0.1, 0.15) is 28.5 Å². The molecular formula is C15H14FN3O. The Kier molecular flexibility index (Phi) is 3.33. The highest BCUT2D eigenvalue weighted by Crippen LogP contribution is 2.30. The molecule has 0 radical (unpaired) electrons. The first kappa shape index (κ1) is 12.6. The average Bonchev–Trinajstić information content (AvgIpc) is 3.11. The zero-order valence-electron chi connectivity index (χ0n) is 11.0. The molecule has 0 bridgehead atoms. The molecule has 1 aromatic carbocycles. The van der Waals surface area contributed by atoms with E-state index < -0.39 is 0 Å². The van der Waals surface area contributed by atoms with Crippen LogP contribution in [0.2, 0.25) is 0 Å². The minimum Gasteiger partial charge on any atom is -0.448 e. The van der Waals surface area contributed by atoms with Crippen LogP contribution >= 0.6 is 0 Å². The summed E-state index contributed by atoms with van der Waals surface area (Å²) in [6, 6.07) is 5.42. The molecule has 1 atom stereocenters. The first-order valence-corrected chi connectivity index (χ1v) is 6.36. The van der Waals surface area contributed by atoms with E-state index in [1.165, 1.54) is 6.39 Å². The molecule has 0 saturated carbocycles. The van der Waals surface area contributed by atoms with Crippen molar-refractivity contribution in [2.75, 3.05) is 0 Å². The molecule has 0 spiro atoms. The molecule has 0 unspecified atom stereocenters. The van der Waals surface area contributed by atoms with Crippen molar-refractivity contribution in [2.24, 2.45) is 0 Å². The highest BCUT2D eigenvalue weighted by Gasteiger charge is 2.22. The van der Waals surface area contributed by atoms with Crippen molar-refractivity contribution in [1.29, 1.82) is 0 Å². The largest absolute Gasteiger partial charge is 0.448 e. The van der Waals surface area contributed by atoms with Gasteiger partial charge in [0, 0.05) is 24.2 Å². The van der Waals surface area contributed by atoms with Crippen molar-refractivity contribution >= 4 is 0 Å². The molecule has 102 valence electrons. The van der Waals surface area contributed by atoms with Crippen LogP contribution in [0.15, 0.2) is 47.7 Å². The molecule has 0 saturated heterocycles. The number of H-pyrrole nitrogens is 1. The van der Waals surface area contributed by atoms with Gasteiger partial charge in [-0.3, -0.25) is 0 Å². The van der Waals surface area contributed by atoms with Gasteiger partial charge in [-0.15, -0.1) is 0 Å². The third-order valence-corrected chi connectivity index (χ3v) is 3.38. The van der Waals surface area contributed by atoms with Gasteiger partial charge in [0.05, 0.1) is 12.5 Å². The van der Waals surface area contributed by atoms with Gasteiger partial charge in [-0.25, -0.2) is 14.4 Å². The maximum absolute atomic E-state index is 14.4. The van der Waals surface area contributed by atoms with Crippen LogP contribution in [-0.4, -0.2) is 15.0 Å².